The Morgan fingerprint density at radius 2 is 1.94 bits per heavy atom. The van der Waals surface area contributed by atoms with Gasteiger partial charge in [0.2, 0.25) is 5.91 Å². The molecule has 0 spiro atoms. The summed E-state index contributed by atoms with van der Waals surface area (Å²) < 4.78 is 9.29. The zero-order valence-electron chi connectivity index (χ0n) is 9.88. The van der Waals surface area contributed by atoms with Gasteiger partial charge >= 0.3 is 5.97 Å². The summed E-state index contributed by atoms with van der Waals surface area (Å²) in [5.74, 6) is -0.339. The van der Waals surface area contributed by atoms with E-state index in [1.807, 2.05) is 0 Å². The molecule has 0 heterocycles. The van der Waals surface area contributed by atoms with Gasteiger partial charge in [0.1, 0.15) is 0 Å². The second-order valence-electron chi connectivity index (χ2n) is 3.20. The molecule has 0 saturated heterocycles. The molecule has 0 saturated carbocycles. The first-order valence-electron chi connectivity index (χ1n) is 5.24. The lowest BCUT2D eigenvalue weighted by Crippen LogP contribution is -2.35. The minimum atomic E-state index is -0.257. The normalized spacial score (nSPS) is 9.88. The minimum Gasteiger partial charge on any atom is -0.469 e. The summed E-state index contributed by atoms with van der Waals surface area (Å²) in [4.78, 5) is 21.9. The average molecular weight is 232 g/mol. The van der Waals surface area contributed by atoms with Gasteiger partial charge in [0.25, 0.3) is 0 Å². The van der Waals surface area contributed by atoms with E-state index in [0.717, 1.165) is 0 Å². The highest BCUT2D eigenvalue weighted by atomic mass is 16.5. The van der Waals surface area contributed by atoms with Crippen molar-refractivity contribution in [3.05, 3.63) is 0 Å². The van der Waals surface area contributed by atoms with Crippen molar-refractivity contribution < 1.29 is 19.1 Å². The van der Waals surface area contributed by atoms with Crippen LogP contribution in [-0.2, 0) is 19.1 Å². The Hall–Kier alpha value is -1.14. The van der Waals surface area contributed by atoms with Gasteiger partial charge in [-0.2, -0.15) is 0 Å². The second kappa shape index (κ2) is 10.4. The average Bonchev–Trinajstić information content (AvgIpc) is 2.30. The van der Waals surface area contributed by atoms with Crippen LogP contribution in [-0.4, -0.2) is 52.3 Å². The van der Waals surface area contributed by atoms with Crippen LogP contribution in [0.25, 0.3) is 0 Å². The van der Waals surface area contributed by atoms with E-state index in [0.29, 0.717) is 32.5 Å². The van der Waals surface area contributed by atoms with Gasteiger partial charge in [-0.15, -0.1) is 0 Å². The maximum Gasteiger partial charge on any atom is 0.305 e. The molecule has 0 aromatic heterocycles. The largest absolute Gasteiger partial charge is 0.469 e. The molecule has 0 radical (unpaired) electrons. The van der Waals surface area contributed by atoms with Crippen molar-refractivity contribution >= 4 is 11.9 Å². The molecule has 6 nitrogen and oxygen atoms in total. The number of carbonyl (C=O) groups excluding carboxylic acids is 2. The van der Waals surface area contributed by atoms with E-state index in [9.17, 15) is 9.59 Å². The zero-order chi connectivity index (χ0) is 12.2. The maximum absolute atomic E-state index is 11.2. The van der Waals surface area contributed by atoms with Crippen molar-refractivity contribution in [2.24, 2.45) is 0 Å². The molecule has 0 unspecified atom stereocenters. The fourth-order valence-electron chi connectivity index (χ4n) is 1.00. The van der Waals surface area contributed by atoms with E-state index in [4.69, 9.17) is 4.74 Å². The summed E-state index contributed by atoms with van der Waals surface area (Å²) in [6, 6.07) is 0. The van der Waals surface area contributed by atoms with Crippen molar-refractivity contribution in [3.63, 3.8) is 0 Å². The van der Waals surface area contributed by atoms with E-state index < -0.39 is 0 Å². The van der Waals surface area contributed by atoms with Crippen LogP contribution in [0.15, 0.2) is 0 Å². The fourth-order valence-corrected chi connectivity index (χ4v) is 1.00. The number of methoxy groups -OCH3 is 2. The lowest BCUT2D eigenvalue weighted by Gasteiger charge is -2.05. The van der Waals surface area contributed by atoms with Gasteiger partial charge in [0.15, 0.2) is 0 Å². The first-order chi connectivity index (χ1) is 7.70. The third-order valence-corrected chi connectivity index (χ3v) is 1.88. The summed E-state index contributed by atoms with van der Waals surface area (Å²) in [7, 11) is 2.95. The summed E-state index contributed by atoms with van der Waals surface area (Å²) in [5.41, 5.74) is 0. The number of ether oxygens (including phenoxy) is 2. The number of nitrogens with one attached hydrogen (secondary N) is 2. The lowest BCUT2D eigenvalue weighted by molar-refractivity contribution is -0.140. The fraction of sp³-hybridized carbons (Fsp3) is 0.800. The quantitative estimate of drug-likeness (QED) is 0.406. The zero-order valence-corrected chi connectivity index (χ0v) is 9.88. The number of esters is 1. The number of rotatable bonds is 9. The van der Waals surface area contributed by atoms with Gasteiger partial charge < -0.3 is 20.1 Å². The third-order valence-electron chi connectivity index (χ3n) is 1.88. The van der Waals surface area contributed by atoms with Gasteiger partial charge in [-0.05, 0) is 6.42 Å². The van der Waals surface area contributed by atoms with E-state index >= 15 is 0 Å². The molecule has 0 aliphatic rings. The summed E-state index contributed by atoms with van der Waals surface area (Å²) in [5, 5.41) is 5.61. The minimum absolute atomic E-state index is 0.0824. The molecule has 6 heteroatoms. The molecule has 0 fully saturated rings. The van der Waals surface area contributed by atoms with Gasteiger partial charge in [-0.1, -0.05) is 0 Å². The second-order valence-corrected chi connectivity index (χ2v) is 3.20. The van der Waals surface area contributed by atoms with Gasteiger partial charge in [-0.3, -0.25) is 9.59 Å². The molecule has 16 heavy (non-hydrogen) atoms. The Morgan fingerprint density at radius 1 is 1.19 bits per heavy atom. The lowest BCUT2D eigenvalue weighted by atomic mass is 10.3. The molecule has 0 rings (SSSR count). The van der Waals surface area contributed by atoms with Crippen LogP contribution in [0.1, 0.15) is 12.8 Å². The number of hydrogen-bond donors (Lipinski definition) is 2. The molecular formula is C10H20N2O4. The van der Waals surface area contributed by atoms with E-state index in [-0.39, 0.29) is 18.4 Å². The highest BCUT2D eigenvalue weighted by Gasteiger charge is 2.02. The van der Waals surface area contributed by atoms with Gasteiger partial charge in [-0.25, -0.2) is 0 Å². The van der Waals surface area contributed by atoms with Crippen LogP contribution >= 0.6 is 0 Å². The first kappa shape index (κ1) is 14.9. The van der Waals surface area contributed by atoms with Crippen molar-refractivity contribution in [1.82, 2.24) is 10.6 Å². The standard InChI is InChI=1S/C10H20N2O4/c1-15-7-6-11-8-9(13)12-5-3-4-10(14)16-2/h11H,3-8H2,1-2H3,(H,12,13). The molecule has 0 aliphatic heterocycles. The Kier molecular flexibility index (Phi) is 9.64. The van der Waals surface area contributed by atoms with Crippen molar-refractivity contribution in [2.45, 2.75) is 12.8 Å². The molecule has 0 atom stereocenters. The molecular weight excluding hydrogens is 212 g/mol. The first-order valence-corrected chi connectivity index (χ1v) is 5.24. The predicted octanol–water partition coefficient (Wildman–Crippen LogP) is -0.708. The van der Waals surface area contributed by atoms with Crippen molar-refractivity contribution in [3.8, 4) is 0 Å². The summed E-state index contributed by atoms with van der Waals surface area (Å²) >= 11 is 0. The van der Waals surface area contributed by atoms with Crippen molar-refractivity contribution in [1.29, 1.82) is 0 Å². The molecule has 0 bridgehead atoms. The van der Waals surface area contributed by atoms with E-state index in [1.165, 1.54) is 7.11 Å². The summed E-state index contributed by atoms with van der Waals surface area (Å²) in [6.07, 6.45) is 0.921. The Balaban J connectivity index is 3.27. The molecule has 94 valence electrons. The molecule has 2 N–H and O–H groups in total. The SMILES string of the molecule is COCCNCC(=O)NCCCC(=O)OC. The number of hydrogen-bond acceptors (Lipinski definition) is 5. The summed E-state index contributed by atoms with van der Waals surface area (Å²) in [6.45, 7) is 1.98. The molecule has 0 aromatic carbocycles. The van der Waals surface area contributed by atoms with Crippen LogP contribution in [0.4, 0.5) is 0 Å². The Morgan fingerprint density at radius 3 is 2.56 bits per heavy atom. The van der Waals surface area contributed by atoms with Crippen LogP contribution in [0.3, 0.4) is 0 Å². The Labute approximate surface area is 95.7 Å². The monoisotopic (exact) mass is 232 g/mol. The van der Waals surface area contributed by atoms with Gasteiger partial charge in [0, 0.05) is 26.6 Å². The van der Waals surface area contributed by atoms with Crippen LogP contribution in [0.5, 0.6) is 0 Å². The third kappa shape index (κ3) is 9.42. The number of amides is 1. The smallest absolute Gasteiger partial charge is 0.305 e. The highest BCUT2D eigenvalue weighted by Crippen LogP contribution is 1.89. The highest BCUT2D eigenvalue weighted by molar-refractivity contribution is 5.78. The van der Waals surface area contributed by atoms with Crippen molar-refractivity contribution in [2.75, 3.05) is 40.5 Å². The molecule has 0 aliphatic carbocycles. The topological polar surface area (TPSA) is 76.7 Å². The van der Waals surface area contributed by atoms with E-state index in [1.54, 1.807) is 7.11 Å². The predicted molar refractivity (Wildman–Crippen MR) is 59.0 cm³/mol. The molecule has 0 aromatic rings. The van der Waals surface area contributed by atoms with Crippen LogP contribution < -0.4 is 10.6 Å². The number of carbonyl (C=O) groups is 2. The Bertz CT molecular complexity index is 209. The van der Waals surface area contributed by atoms with E-state index in [2.05, 4.69) is 15.4 Å². The van der Waals surface area contributed by atoms with Crippen LogP contribution in [0, 0.1) is 0 Å². The molecule has 1 amide bonds. The van der Waals surface area contributed by atoms with Crippen LogP contribution in [0.2, 0.25) is 0 Å². The maximum atomic E-state index is 11.2. The van der Waals surface area contributed by atoms with Gasteiger partial charge in [0.05, 0.1) is 20.3 Å².